The number of sulfonamides is 1. The number of alkyl halides is 2. The molecule has 4 nitrogen and oxygen atoms in total. The lowest BCUT2D eigenvalue weighted by Crippen LogP contribution is -2.11. The van der Waals surface area contributed by atoms with E-state index in [0.29, 0.717) is 4.57 Å². The van der Waals surface area contributed by atoms with Crippen molar-refractivity contribution in [2.45, 2.75) is 11.4 Å². The van der Waals surface area contributed by atoms with E-state index in [-0.39, 0.29) is 15.8 Å². The van der Waals surface area contributed by atoms with E-state index in [1.165, 1.54) is 12.1 Å². The SMILES string of the molecule is NS(=O)(=O)c1cn(C(F)F)c2ccccc12. The Bertz CT molecular complexity index is 634. The molecule has 0 atom stereocenters. The number of para-hydroxylation sites is 1. The van der Waals surface area contributed by atoms with Crippen molar-refractivity contribution in [1.29, 1.82) is 0 Å². The normalized spacial score (nSPS) is 12.5. The molecule has 16 heavy (non-hydrogen) atoms. The van der Waals surface area contributed by atoms with Gasteiger partial charge in [-0.15, -0.1) is 0 Å². The fourth-order valence-corrected chi connectivity index (χ4v) is 2.30. The number of nitrogens with two attached hydrogens (primary N) is 1. The lowest BCUT2D eigenvalue weighted by molar-refractivity contribution is 0.0748. The standard InChI is InChI=1S/C9H8F2N2O2S/c10-9(11)13-5-8(16(12,14)15)6-3-1-2-4-7(6)13/h1-5,9H,(H2,12,14,15). The number of primary sulfonamides is 1. The third kappa shape index (κ3) is 1.68. The molecule has 0 unspecified atom stereocenters. The quantitative estimate of drug-likeness (QED) is 0.876. The largest absolute Gasteiger partial charge is 0.319 e. The molecule has 0 fully saturated rings. The highest BCUT2D eigenvalue weighted by Crippen LogP contribution is 2.28. The van der Waals surface area contributed by atoms with E-state index >= 15 is 0 Å². The summed E-state index contributed by atoms with van der Waals surface area (Å²) in [4.78, 5) is -0.289. The van der Waals surface area contributed by atoms with E-state index < -0.39 is 16.6 Å². The van der Waals surface area contributed by atoms with Crippen molar-refractivity contribution in [3.05, 3.63) is 30.5 Å². The van der Waals surface area contributed by atoms with Crippen LogP contribution in [0.4, 0.5) is 8.78 Å². The van der Waals surface area contributed by atoms with Crippen LogP contribution in [0.15, 0.2) is 35.4 Å². The van der Waals surface area contributed by atoms with E-state index in [1.54, 1.807) is 12.1 Å². The molecule has 1 aromatic heterocycles. The summed E-state index contributed by atoms with van der Waals surface area (Å²) >= 11 is 0. The fourth-order valence-electron chi connectivity index (χ4n) is 1.56. The molecule has 0 spiro atoms. The highest BCUT2D eigenvalue weighted by Gasteiger charge is 2.19. The Labute approximate surface area is 90.3 Å². The molecule has 2 rings (SSSR count). The minimum Gasteiger partial charge on any atom is -0.290 e. The topological polar surface area (TPSA) is 65.1 Å². The molecule has 0 aliphatic rings. The highest BCUT2D eigenvalue weighted by atomic mass is 32.2. The number of nitrogens with zero attached hydrogens (tertiary/aromatic N) is 1. The van der Waals surface area contributed by atoms with Crippen LogP contribution in [-0.2, 0) is 10.0 Å². The molecule has 0 aliphatic heterocycles. The van der Waals surface area contributed by atoms with Gasteiger partial charge in [0, 0.05) is 11.6 Å². The van der Waals surface area contributed by atoms with Crippen molar-refractivity contribution < 1.29 is 17.2 Å². The number of benzene rings is 1. The van der Waals surface area contributed by atoms with Crippen LogP contribution in [0.5, 0.6) is 0 Å². The van der Waals surface area contributed by atoms with Gasteiger partial charge in [-0.05, 0) is 6.07 Å². The zero-order valence-electron chi connectivity index (χ0n) is 7.97. The van der Waals surface area contributed by atoms with E-state index in [1.807, 2.05) is 0 Å². The zero-order valence-corrected chi connectivity index (χ0v) is 8.79. The molecule has 0 saturated carbocycles. The van der Waals surface area contributed by atoms with E-state index in [0.717, 1.165) is 6.20 Å². The number of hydrogen-bond acceptors (Lipinski definition) is 2. The maximum Gasteiger partial charge on any atom is 0.319 e. The number of rotatable bonds is 2. The van der Waals surface area contributed by atoms with Gasteiger partial charge in [-0.2, -0.15) is 8.78 Å². The van der Waals surface area contributed by atoms with Crippen molar-refractivity contribution >= 4 is 20.9 Å². The summed E-state index contributed by atoms with van der Waals surface area (Å²) in [7, 11) is -4.00. The summed E-state index contributed by atoms with van der Waals surface area (Å²) in [5.74, 6) is 0. The van der Waals surface area contributed by atoms with E-state index in [9.17, 15) is 17.2 Å². The second-order valence-corrected chi connectivity index (χ2v) is 4.77. The van der Waals surface area contributed by atoms with E-state index in [2.05, 4.69) is 0 Å². The molecule has 0 bridgehead atoms. The van der Waals surface area contributed by atoms with Crippen molar-refractivity contribution in [3.63, 3.8) is 0 Å². The zero-order chi connectivity index (χ0) is 11.9. The first kappa shape index (κ1) is 11.0. The van der Waals surface area contributed by atoms with Gasteiger partial charge in [0.15, 0.2) is 0 Å². The fraction of sp³-hybridized carbons (Fsp3) is 0.111. The lowest BCUT2D eigenvalue weighted by Gasteiger charge is -2.01. The van der Waals surface area contributed by atoms with Gasteiger partial charge in [-0.25, -0.2) is 13.6 Å². The van der Waals surface area contributed by atoms with Crippen LogP contribution in [0.3, 0.4) is 0 Å². The Balaban J connectivity index is 2.88. The first-order valence-electron chi connectivity index (χ1n) is 4.32. The molecule has 1 aromatic carbocycles. The third-order valence-electron chi connectivity index (χ3n) is 2.22. The average Bonchev–Trinajstić information content (AvgIpc) is 2.56. The number of hydrogen-bond donors (Lipinski definition) is 1. The summed E-state index contributed by atoms with van der Waals surface area (Å²) in [6, 6.07) is 5.96. The Kier molecular flexibility index (Phi) is 2.43. The van der Waals surface area contributed by atoms with Crippen molar-refractivity contribution in [1.82, 2.24) is 4.57 Å². The first-order valence-corrected chi connectivity index (χ1v) is 5.86. The Morgan fingerprint density at radius 2 is 1.88 bits per heavy atom. The van der Waals surface area contributed by atoms with Gasteiger partial charge in [0.2, 0.25) is 10.0 Å². The van der Waals surface area contributed by atoms with Crippen LogP contribution in [0, 0.1) is 0 Å². The molecule has 0 radical (unpaired) electrons. The molecule has 0 amide bonds. The summed E-state index contributed by atoms with van der Waals surface area (Å²) in [6.45, 7) is -2.81. The minimum atomic E-state index is -4.00. The minimum absolute atomic E-state index is 0.140. The molecule has 2 N–H and O–H groups in total. The van der Waals surface area contributed by atoms with Crippen LogP contribution in [0.25, 0.3) is 10.9 Å². The van der Waals surface area contributed by atoms with Gasteiger partial charge in [-0.3, -0.25) is 4.57 Å². The summed E-state index contributed by atoms with van der Waals surface area (Å²) in [6.07, 6.45) is 0.852. The van der Waals surface area contributed by atoms with Crippen molar-refractivity contribution in [3.8, 4) is 0 Å². The smallest absolute Gasteiger partial charge is 0.290 e. The molecule has 86 valence electrons. The molecule has 2 aromatic rings. The Morgan fingerprint density at radius 3 is 2.44 bits per heavy atom. The second-order valence-electron chi connectivity index (χ2n) is 3.24. The van der Waals surface area contributed by atoms with E-state index in [4.69, 9.17) is 5.14 Å². The maximum absolute atomic E-state index is 12.6. The molecule has 7 heteroatoms. The number of aromatic nitrogens is 1. The average molecular weight is 246 g/mol. The van der Waals surface area contributed by atoms with Crippen LogP contribution in [-0.4, -0.2) is 13.0 Å². The van der Waals surface area contributed by atoms with Gasteiger partial charge >= 0.3 is 6.55 Å². The predicted octanol–water partition coefficient (Wildman–Crippen LogP) is 1.68. The van der Waals surface area contributed by atoms with Crippen molar-refractivity contribution in [2.75, 3.05) is 0 Å². The molecule has 0 saturated heterocycles. The number of halogens is 2. The highest BCUT2D eigenvalue weighted by molar-refractivity contribution is 7.89. The van der Waals surface area contributed by atoms with Gasteiger partial charge in [0.25, 0.3) is 0 Å². The molecular formula is C9H8F2N2O2S. The number of fused-ring (bicyclic) bond motifs is 1. The predicted molar refractivity (Wildman–Crippen MR) is 54.6 cm³/mol. The molecule has 1 heterocycles. The maximum atomic E-state index is 12.6. The van der Waals surface area contributed by atoms with Gasteiger partial charge in [0.1, 0.15) is 4.90 Å². The van der Waals surface area contributed by atoms with Crippen LogP contribution >= 0.6 is 0 Å². The second kappa shape index (κ2) is 3.53. The monoisotopic (exact) mass is 246 g/mol. The third-order valence-corrected chi connectivity index (χ3v) is 3.16. The van der Waals surface area contributed by atoms with Crippen molar-refractivity contribution in [2.24, 2.45) is 5.14 Å². The molecule has 0 aliphatic carbocycles. The van der Waals surface area contributed by atoms with Gasteiger partial charge < -0.3 is 0 Å². The summed E-state index contributed by atoms with van der Waals surface area (Å²) in [5.41, 5.74) is 0.140. The summed E-state index contributed by atoms with van der Waals surface area (Å²) in [5, 5.41) is 5.15. The van der Waals surface area contributed by atoms with Crippen LogP contribution in [0.2, 0.25) is 0 Å². The summed E-state index contributed by atoms with van der Waals surface area (Å²) < 4.78 is 48.2. The first-order chi connectivity index (χ1) is 7.41. The Morgan fingerprint density at radius 1 is 1.25 bits per heavy atom. The van der Waals surface area contributed by atoms with Gasteiger partial charge in [0.05, 0.1) is 5.52 Å². The van der Waals surface area contributed by atoms with Gasteiger partial charge in [-0.1, -0.05) is 18.2 Å². The molecular weight excluding hydrogens is 238 g/mol. The van der Waals surface area contributed by atoms with Crippen LogP contribution in [0.1, 0.15) is 6.55 Å². The Hall–Kier alpha value is -1.47. The van der Waals surface area contributed by atoms with Crippen LogP contribution < -0.4 is 5.14 Å². The lowest BCUT2D eigenvalue weighted by atomic mass is 10.2.